The highest BCUT2D eigenvalue weighted by atomic mass is 17.0. The predicted octanol–water partition coefficient (Wildman–Crippen LogP) is -1.29. The lowest BCUT2D eigenvalue weighted by Gasteiger charge is -2.30. The molecule has 0 bridgehead atoms. The van der Waals surface area contributed by atoms with Crippen LogP contribution in [-0.4, -0.2) is 51.9 Å². The van der Waals surface area contributed by atoms with Gasteiger partial charge >= 0.3 is 0 Å². The van der Waals surface area contributed by atoms with Crippen molar-refractivity contribution in [1.29, 1.82) is 0 Å². The van der Waals surface area contributed by atoms with E-state index in [4.69, 9.17) is 0 Å². The number of hydrogen-bond donors (Lipinski definition) is 0. The van der Waals surface area contributed by atoms with Crippen molar-refractivity contribution in [2.45, 2.75) is 12.8 Å². The second-order valence-corrected chi connectivity index (χ2v) is 3.88. The van der Waals surface area contributed by atoms with Crippen molar-refractivity contribution < 1.29 is 24.1 Å². The predicted molar refractivity (Wildman–Crippen MR) is 58.1 cm³/mol. The van der Waals surface area contributed by atoms with Gasteiger partial charge in [0, 0.05) is 38.1 Å². The summed E-state index contributed by atoms with van der Waals surface area (Å²) in [6.45, 7) is -0.555. The molecular weight excluding hydrogens is 258 g/mol. The molecule has 1 saturated heterocycles. The Morgan fingerprint density at radius 2 is 1.63 bits per heavy atom. The molecule has 2 rings (SSSR count). The third kappa shape index (κ3) is 2.84. The molecule has 19 heavy (non-hydrogen) atoms. The third-order valence-electron chi connectivity index (χ3n) is 2.59. The van der Waals surface area contributed by atoms with Gasteiger partial charge < -0.3 is 5.21 Å². The van der Waals surface area contributed by atoms with Crippen LogP contribution in [-0.2, 0) is 24.1 Å². The van der Waals surface area contributed by atoms with Gasteiger partial charge in [-0.15, -0.1) is 5.06 Å². The smallest absolute Gasteiger partial charge is 0.255 e. The Hall–Kier alpha value is -2.10. The highest BCUT2D eigenvalue weighted by Crippen LogP contribution is 2.13. The minimum Gasteiger partial charge on any atom is -0.760 e. The van der Waals surface area contributed by atoms with E-state index in [1.54, 1.807) is 0 Å². The van der Waals surface area contributed by atoms with Crippen LogP contribution in [0.5, 0.6) is 0 Å². The molecule has 1 fully saturated rings. The van der Waals surface area contributed by atoms with Gasteiger partial charge in [0.15, 0.2) is 0 Å². The topological polar surface area (TPSA) is 110 Å². The summed E-state index contributed by atoms with van der Waals surface area (Å²) in [4.78, 5) is 50.1. The fourth-order valence-electron chi connectivity index (χ4n) is 1.61. The monoisotopic (exact) mass is 268 g/mol. The highest BCUT2D eigenvalue weighted by molar-refractivity contribution is 6.12. The van der Waals surface area contributed by atoms with Crippen LogP contribution in [0.3, 0.4) is 0 Å². The van der Waals surface area contributed by atoms with Gasteiger partial charge in [0.25, 0.3) is 23.6 Å². The van der Waals surface area contributed by atoms with Gasteiger partial charge in [-0.05, 0) is 0 Å². The molecule has 2 heterocycles. The molecular formula is C10H10N3O6-. The molecule has 0 atom stereocenters. The molecule has 0 aromatic carbocycles. The van der Waals surface area contributed by atoms with Crippen LogP contribution in [0.2, 0.25) is 0 Å². The minimum absolute atomic E-state index is 0.000307. The van der Waals surface area contributed by atoms with Crippen LogP contribution in [0.4, 0.5) is 0 Å². The molecule has 0 aromatic rings. The molecule has 0 N–H and O–H groups in total. The molecule has 0 spiro atoms. The first-order chi connectivity index (χ1) is 8.99. The molecule has 2 aliphatic rings. The molecule has 0 aromatic heterocycles. The van der Waals surface area contributed by atoms with Gasteiger partial charge in [-0.1, -0.05) is 0 Å². The Morgan fingerprint density at radius 1 is 1.11 bits per heavy atom. The summed E-state index contributed by atoms with van der Waals surface area (Å²) in [6, 6.07) is 0. The Labute approximate surface area is 107 Å². The summed E-state index contributed by atoms with van der Waals surface area (Å²) in [5.74, 6) is -2.24. The number of nitrogens with zero attached hydrogens (tertiary/aromatic N) is 3. The maximum absolute atomic E-state index is 11.3. The number of hydroxylamine groups is 4. The summed E-state index contributed by atoms with van der Waals surface area (Å²) in [5, 5.41) is 11.7. The first-order valence-electron chi connectivity index (χ1n) is 5.51. The van der Waals surface area contributed by atoms with Gasteiger partial charge in [0.1, 0.15) is 0 Å². The molecule has 4 amide bonds. The molecule has 2 aliphatic heterocycles. The van der Waals surface area contributed by atoms with Crippen molar-refractivity contribution in [1.82, 2.24) is 15.2 Å². The standard InChI is InChI=1S/C10H10N3O6/c14-7-1-2-8(15)11(7)5-6-12(18)19-13-9(16)3-4-10(13)17/h1-2H,3-6H2/q-1. The average molecular weight is 268 g/mol. The van der Waals surface area contributed by atoms with E-state index in [0.29, 0.717) is 5.06 Å². The van der Waals surface area contributed by atoms with Crippen molar-refractivity contribution in [2.24, 2.45) is 0 Å². The van der Waals surface area contributed by atoms with Crippen molar-refractivity contribution in [3.05, 3.63) is 17.4 Å². The summed E-state index contributed by atoms with van der Waals surface area (Å²) in [7, 11) is 0. The molecule has 9 heteroatoms. The van der Waals surface area contributed by atoms with Crippen LogP contribution in [0.15, 0.2) is 12.2 Å². The van der Waals surface area contributed by atoms with Gasteiger partial charge in [-0.3, -0.25) is 24.1 Å². The summed E-state index contributed by atoms with van der Waals surface area (Å²) < 4.78 is 0. The molecule has 9 nitrogen and oxygen atoms in total. The summed E-state index contributed by atoms with van der Waals surface area (Å²) in [5.41, 5.74) is 0. The van der Waals surface area contributed by atoms with E-state index in [-0.39, 0.29) is 31.2 Å². The van der Waals surface area contributed by atoms with Gasteiger partial charge in [0.05, 0.1) is 0 Å². The Morgan fingerprint density at radius 3 is 2.16 bits per heavy atom. The summed E-state index contributed by atoms with van der Waals surface area (Å²) in [6.07, 6.45) is 2.18. The fourth-order valence-corrected chi connectivity index (χ4v) is 1.61. The minimum atomic E-state index is -0.596. The molecule has 0 radical (unpaired) electrons. The Bertz CT molecular complexity index is 440. The van der Waals surface area contributed by atoms with Crippen molar-refractivity contribution in [3.63, 3.8) is 0 Å². The first kappa shape index (κ1) is 13.3. The summed E-state index contributed by atoms with van der Waals surface area (Å²) >= 11 is 0. The number of amides is 4. The lowest BCUT2D eigenvalue weighted by molar-refractivity contribution is -0.274. The lowest BCUT2D eigenvalue weighted by atomic mass is 10.4. The Balaban J connectivity index is 1.80. The van der Waals surface area contributed by atoms with E-state index in [9.17, 15) is 24.4 Å². The van der Waals surface area contributed by atoms with Crippen LogP contribution >= 0.6 is 0 Å². The second-order valence-electron chi connectivity index (χ2n) is 3.88. The third-order valence-corrected chi connectivity index (χ3v) is 2.59. The van der Waals surface area contributed by atoms with E-state index in [1.165, 1.54) is 0 Å². The van der Waals surface area contributed by atoms with Gasteiger partial charge in [-0.2, -0.15) is 4.94 Å². The largest absolute Gasteiger partial charge is 0.760 e. The maximum atomic E-state index is 11.3. The molecule has 0 saturated carbocycles. The number of hydrogen-bond acceptors (Lipinski definition) is 7. The zero-order valence-corrected chi connectivity index (χ0v) is 9.77. The molecule has 0 aliphatic carbocycles. The van der Waals surface area contributed by atoms with Crippen LogP contribution in [0, 0.1) is 5.21 Å². The van der Waals surface area contributed by atoms with E-state index >= 15 is 0 Å². The Kier molecular flexibility index (Phi) is 3.69. The fraction of sp³-hybridized carbons (Fsp3) is 0.400. The number of carbonyl (C=O) groups excluding carboxylic acids is 4. The quantitative estimate of drug-likeness (QED) is 0.450. The molecule has 102 valence electrons. The van der Waals surface area contributed by atoms with Crippen LogP contribution in [0.1, 0.15) is 12.8 Å². The van der Waals surface area contributed by atoms with Crippen molar-refractivity contribution in [3.8, 4) is 0 Å². The lowest BCUT2D eigenvalue weighted by Crippen LogP contribution is -2.41. The number of carbonyl (C=O) groups is 4. The maximum Gasteiger partial charge on any atom is 0.255 e. The SMILES string of the molecule is O=C1C=CC(=O)N1CCN([O-])ON1C(=O)CCC1=O. The van der Waals surface area contributed by atoms with E-state index < -0.39 is 23.6 Å². The zero-order valence-electron chi connectivity index (χ0n) is 9.77. The van der Waals surface area contributed by atoms with Crippen molar-refractivity contribution in [2.75, 3.05) is 13.1 Å². The number of rotatable bonds is 5. The van der Waals surface area contributed by atoms with E-state index in [0.717, 1.165) is 17.1 Å². The normalized spacial score (nSPS) is 19.5. The van der Waals surface area contributed by atoms with Gasteiger partial charge in [0.2, 0.25) is 0 Å². The number of imide groups is 2. The average Bonchev–Trinajstić information content (AvgIpc) is 2.84. The van der Waals surface area contributed by atoms with Crippen LogP contribution in [0.25, 0.3) is 0 Å². The second kappa shape index (κ2) is 5.26. The van der Waals surface area contributed by atoms with Crippen LogP contribution < -0.4 is 0 Å². The van der Waals surface area contributed by atoms with E-state index in [1.807, 2.05) is 0 Å². The highest BCUT2D eigenvalue weighted by Gasteiger charge is 2.31. The first-order valence-corrected chi connectivity index (χ1v) is 5.51. The van der Waals surface area contributed by atoms with Crippen molar-refractivity contribution >= 4 is 23.6 Å². The molecule has 0 unspecified atom stereocenters. The van der Waals surface area contributed by atoms with E-state index in [2.05, 4.69) is 4.94 Å². The zero-order chi connectivity index (χ0) is 14.0. The van der Waals surface area contributed by atoms with Gasteiger partial charge in [-0.25, -0.2) is 5.23 Å².